The number of esters is 1. The lowest BCUT2D eigenvalue weighted by Crippen LogP contribution is -2.31. The van der Waals surface area contributed by atoms with Crippen LogP contribution >= 0.6 is 0 Å². The Labute approximate surface area is 176 Å². The molecule has 1 aliphatic carbocycles. The summed E-state index contributed by atoms with van der Waals surface area (Å²) in [7, 11) is 0. The van der Waals surface area contributed by atoms with Crippen molar-refractivity contribution in [2.45, 2.75) is 38.9 Å². The van der Waals surface area contributed by atoms with Crippen molar-refractivity contribution in [2.75, 3.05) is 0 Å². The highest BCUT2D eigenvalue weighted by Crippen LogP contribution is 2.43. The van der Waals surface area contributed by atoms with Crippen molar-refractivity contribution in [3.8, 4) is 0 Å². The highest BCUT2D eigenvalue weighted by molar-refractivity contribution is 5.90. The first-order chi connectivity index (χ1) is 14.3. The van der Waals surface area contributed by atoms with Crippen molar-refractivity contribution in [2.24, 2.45) is 5.41 Å². The largest absolute Gasteiger partial charge is 0.458 e. The highest BCUT2D eigenvalue weighted by Gasteiger charge is 2.29. The molecule has 30 heavy (non-hydrogen) atoms. The van der Waals surface area contributed by atoms with Gasteiger partial charge in [-0.1, -0.05) is 68.5 Å². The summed E-state index contributed by atoms with van der Waals surface area (Å²) in [5, 5.41) is 9.93. The van der Waals surface area contributed by atoms with E-state index in [1.54, 1.807) is 12.1 Å². The molecular weight excluding hydrogens is 379 g/mol. The van der Waals surface area contributed by atoms with E-state index in [0.717, 1.165) is 27.8 Å². The number of hydrogen-bond donors (Lipinski definition) is 1. The van der Waals surface area contributed by atoms with Gasteiger partial charge in [0, 0.05) is 11.8 Å². The van der Waals surface area contributed by atoms with Gasteiger partial charge in [-0.2, -0.15) is 0 Å². The molecule has 2 atom stereocenters. The van der Waals surface area contributed by atoms with Crippen molar-refractivity contribution in [1.82, 2.24) is 0 Å². The van der Waals surface area contributed by atoms with Crippen LogP contribution in [0.1, 0.15) is 43.4 Å². The van der Waals surface area contributed by atoms with Crippen LogP contribution in [-0.4, -0.2) is 23.3 Å². The van der Waals surface area contributed by atoms with Crippen molar-refractivity contribution in [1.29, 1.82) is 0 Å². The maximum atomic E-state index is 13.6. The third kappa shape index (κ3) is 4.14. The number of ether oxygens (including phenoxy) is 1. The number of hydrogen-bond acceptors (Lipinski definition) is 3. The second-order valence-electron chi connectivity index (χ2n) is 8.42. The fourth-order valence-electron chi connectivity index (χ4n) is 4.08. The summed E-state index contributed by atoms with van der Waals surface area (Å²) in [6, 6.07) is 14.7. The topological polar surface area (TPSA) is 46.5 Å². The molecule has 154 valence electrons. The van der Waals surface area contributed by atoms with E-state index in [1.165, 1.54) is 12.1 Å². The summed E-state index contributed by atoms with van der Waals surface area (Å²) >= 11 is 0. The lowest BCUT2D eigenvalue weighted by Gasteiger charge is -2.27. The van der Waals surface area contributed by atoms with Gasteiger partial charge >= 0.3 is 5.97 Å². The number of cyclic esters (lactones) is 1. The van der Waals surface area contributed by atoms with Gasteiger partial charge in [0.15, 0.2) is 0 Å². The molecule has 2 aliphatic rings. The molecule has 0 unspecified atom stereocenters. The van der Waals surface area contributed by atoms with Crippen LogP contribution in [0.25, 0.3) is 11.6 Å². The van der Waals surface area contributed by atoms with Crippen LogP contribution in [0.4, 0.5) is 4.39 Å². The molecular formula is C26H25FO3. The number of aliphatic hydroxyl groups is 1. The number of aliphatic hydroxyl groups excluding tert-OH is 1. The number of carbonyl (C=O) groups is 1. The summed E-state index contributed by atoms with van der Waals surface area (Å²) < 4.78 is 19.0. The minimum atomic E-state index is -0.686. The Bertz CT molecular complexity index is 1040. The monoisotopic (exact) mass is 404 g/mol. The summed E-state index contributed by atoms with van der Waals surface area (Å²) in [6.45, 7) is 4.25. The van der Waals surface area contributed by atoms with Crippen LogP contribution in [0.3, 0.4) is 0 Å². The van der Waals surface area contributed by atoms with Crippen molar-refractivity contribution in [3.63, 3.8) is 0 Å². The molecule has 2 aromatic rings. The third-order valence-corrected chi connectivity index (χ3v) is 5.67. The van der Waals surface area contributed by atoms with E-state index in [2.05, 4.69) is 38.1 Å². The molecule has 0 spiro atoms. The SMILES string of the molecule is CC1(C)C=Cc2ccccc2C(c2ccc(F)cc2)=C1C=C[C@H]1C[C@H](O)CC(=O)O1. The second kappa shape index (κ2) is 8.04. The van der Waals surface area contributed by atoms with Crippen LogP contribution in [-0.2, 0) is 9.53 Å². The average molecular weight is 404 g/mol. The highest BCUT2D eigenvalue weighted by atomic mass is 19.1. The van der Waals surface area contributed by atoms with Crippen LogP contribution < -0.4 is 0 Å². The fraction of sp³-hybridized carbons (Fsp3) is 0.269. The quantitative estimate of drug-likeness (QED) is 0.706. The van der Waals surface area contributed by atoms with Gasteiger partial charge in [-0.05, 0) is 46.0 Å². The standard InChI is InChI=1S/C26H25FO3/c1-26(2)14-13-17-5-3-4-6-22(17)25(18-7-9-19(27)10-8-18)23(26)12-11-21-15-20(28)16-24(29)30-21/h3-14,20-21,28H,15-16H2,1-2H3/t20-,21-/m0/s1. The zero-order valence-corrected chi connectivity index (χ0v) is 17.1. The van der Waals surface area contributed by atoms with Crippen LogP contribution in [0, 0.1) is 11.2 Å². The van der Waals surface area contributed by atoms with E-state index in [-0.39, 0.29) is 23.6 Å². The first kappa shape index (κ1) is 20.3. The first-order valence-corrected chi connectivity index (χ1v) is 10.2. The molecule has 1 saturated heterocycles. The number of halogens is 1. The van der Waals surface area contributed by atoms with Crippen LogP contribution in [0.2, 0.25) is 0 Å². The summed E-state index contributed by atoms with van der Waals surface area (Å²) in [5.74, 6) is -0.666. The first-order valence-electron chi connectivity index (χ1n) is 10.2. The van der Waals surface area contributed by atoms with Crippen LogP contribution in [0.15, 0.2) is 72.3 Å². The number of benzene rings is 2. The maximum absolute atomic E-state index is 13.6. The fourth-order valence-corrected chi connectivity index (χ4v) is 4.08. The predicted molar refractivity (Wildman–Crippen MR) is 116 cm³/mol. The van der Waals surface area contributed by atoms with Gasteiger partial charge in [0.1, 0.15) is 11.9 Å². The number of allylic oxidation sites excluding steroid dienone is 3. The molecule has 3 nitrogen and oxygen atoms in total. The molecule has 1 N–H and O–H groups in total. The molecule has 0 radical (unpaired) electrons. The minimum Gasteiger partial charge on any atom is -0.458 e. The van der Waals surface area contributed by atoms with Gasteiger partial charge in [0.25, 0.3) is 0 Å². The van der Waals surface area contributed by atoms with E-state index in [9.17, 15) is 14.3 Å². The summed E-state index contributed by atoms with van der Waals surface area (Å²) in [5.41, 5.74) is 4.79. The predicted octanol–water partition coefficient (Wildman–Crippen LogP) is 5.30. The molecule has 1 heterocycles. The zero-order valence-electron chi connectivity index (χ0n) is 17.1. The molecule has 1 aliphatic heterocycles. The summed E-state index contributed by atoms with van der Waals surface area (Å²) in [6.07, 6.45) is 7.37. The smallest absolute Gasteiger partial charge is 0.309 e. The second-order valence-corrected chi connectivity index (χ2v) is 8.42. The van der Waals surface area contributed by atoms with Gasteiger partial charge < -0.3 is 9.84 Å². The van der Waals surface area contributed by atoms with Crippen molar-refractivity contribution < 1.29 is 19.0 Å². The van der Waals surface area contributed by atoms with E-state index in [4.69, 9.17) is 4.74 Å². The van der Waals surface area contributed by atoms with E-state index in [0.29, 0.717) is 6.42 Å². The Morgan fingerprint density at radius 3 is 2.60 bits per heavy atom. The van der Waals surface area contributed by atoms with Crippen molar-refractivity contribution in [3.05, 3.63) is 94.8 Å². The molecule has 0 amide bonds. The van der Waals surface area contributed by atoms with Crippen molar-refractivity contribution >= 4 is 17.6 Å². The van der Waals surface area contributed by atoms with Gasteiger partial charge in [-0.25, -0.2) is 4.39 Å². The minimum absolute atomic E-state index is 0.0372. The average Bonchev–Trinajstić information content (AvgIpc) is 2.81. The van der Waals surface area contributed by atoms with Gasteiger partial charge in [-0.15, -0.1) is 0 Å². The number of fused-ring (bicyclic) bond motifs is 1. The van der Waals surface area contributed by atoms with Crippen LogP contribution in [0.5, 0.6) is 0 Å². The molecule has 2 aromatic carbocycles. The third-order valence-electron chi connectivity index (χ3n) is 5.67. The van der Waals surface area contributed by atoms with E-state index >= 15 is 0 Å². The Morgan fingerprint density at radius 1 is 1.13 bits per heavy atom. The number of carbonyl (C=O) groups excluding carboxylic acids is 1. The molecule has 4 rings (SSSR count). The maximum Gasteiger partial charge on any atom is 0.309 e. The van der Waals surface area contributed by atoms with E-state index in [1.807, 2.05) is 24.3 Å². The lowest BCUT2D eigenvalue weighted by molar-refractivity contribution is -0.156. The molecule has 0 saturated carbocycles. The van der Waals surface area contributed by atoms with Gasteiger partial charge in [-0.3, -0.25) is 4.79 Å². The molecule has 0 aromatic heterocycles. The normalized spacial score (nSPS) is 23.3. The summed E-state index contributed by atoms with van der Waals surface area (Å²) in [4.78, 5) is 11.7. The Morgan fingerprint density at radius 2 is 1.87 bits per heavy atom. The molecule has 4 heteroatoms. The molecule has 1 fully saturated rings. The lowest BCUT2D eigenvalue weighted by atomic mass is 9.78. The molecule has 0 bridgehead atoms. The Balaban J connectivity index is 1.88. The Hall–Kier alpha value is -2.98. The Kier molecular flexibility index (Phi) is 5.44. The van der Waals surface area contributed by atoms with Gasteiger partial charge in [0.2, 0.25) is 0 Å². The number of rotatable bonds is 3. The van der Waals surface area contributed by atoms with Gasteiger partial charge in [0.05, 0.1) is 12.5 Å². The van der Waals surface area contributed by atoms with E-state index < -0.39 is 12.2 Å². The zero-order chi connectivity index (χ0) is 21.3.